The first-order valence-corrected chi connectivity index (χ1v) is 14.9. The molecule has 232 valence electrons. The summed E-state index contributed by atoms with van der Waals surface area (Å²) in [7, 11) is 3.10. The van der Waals surface area contributed by atoms with Crippen LogP contribution in [0.5, 0.6) is 23.0 Å². The molecule has 0 saturated carbocycles. The quantitative estimate of drug-likeness (QED) is 0.303. The summed E-state index contributed by atoms with van der Waals surface area (Å²) in [6.07, 6.45) is 4.69. The highest BCUT2D eigenvalue weighted by Crippen LogP contribution is 2.43. The Hall–Kier alpha value is -4.35. The van der Waals surface area contributed by atoms with Gasteiger partial charge in [0.1, 0.15) is 12.3 Å². The lowest BCUT2D eigenvalue weighted by Gasteiger charge is -2.26. The van der Waals surface area contributed by atoms with Gasteiger partial charge in [0.15, 0.2) is 23.0 Å². The molecule has 44 heavy (non-hydrogen) atoms. The third-order valence-electron chi connectivity index (χ3n) is 8.53. The van der Waals surface area contributed by atoms with Crippen LogP contribution in [0.1, 0.15) is 54.3 Å². The van der Waals surface area contributed by atoms with Crippen molar-refractivity contribution >= 4 is 29.4 Å². The number of nitrogens with zero attached hydrogens (tertiary/aromatic N) is 3. The van der Waals surface area contributed by atoms with Gasteiger partial charge in [-0.1, -0.05) is 24.3 Å². The minimum Gasteiger partial charge on any atom is -0.493 e. The fraction of sp³-hybridized carbons (Fsp3) is 0.424. The van der Waals surface area contributed by atoms with Crippen molar-refractivity contribution in [3.05, 3.63) is 59.7 Å². The molecule has 0 aliphatic carbocycles. The maximum absolute atomic E-state index is 13.2. The summed E-state index contributed by atoms with van der Waals surface area (Å²) in [5.74, 6) is 1.56. The Morgan fingerprint density at radius 3 is 2.32 bits per heavy atom. The minimum absolute atomic E-state index is 0.0214. The highest BCUT2D eigenvalue weighted by Gasteiger charge is 2.40. The molecule has 4 aliphatic rings. The number of unbranched alkanes of at least 4 members (excludes halogenated alkanes) is 2. The molecule has 0 radical (unpaired) electrons. The van der Waals surface area contributed by atoms with Crippen molar-refractivity contribution in [1.82, 2.24) is 9.80 Å². The van der Waals surface area contributed by atoms with Crippen LogP contribution in [0.3, 0.4) is 0 Å². The van der Waals surface area contributed by atoms with E-state index in [1.807, 2.05) is 17.2 Å². The Bertz CT molecular complexity index is 1540. The van der Waals surface area contributed by atoms with Crippen LogP contribution in [0.4, 0.5) is 11.4 Å². The van der Waals surface area contributed by atoms with Gasteiger partial charge in [-0.15, -0.1) is 0 Å². The molecule has 2 aromatic rings. The highest BCUT2D eigenvalue weighted by molar-refractivity contribution is 6.11. The number of aliphatic hydroxyl groups excluding tert-OH is 1. The number of methoxy groups -OCH3 is 2. The smallest absolute Gasteiger partial charge is 0.257 e. The predicted octanol–water partition coefficient (Wildman–Crippen LogP) is 4.39. The largest absolute Gasteiger partial charge is 0.493 e. The average Bonchev–Trinajstić information content (AvgIpc) is 3.55. The summed E-state index contributed by atoms with van der Waals surface area (Å²) in [5.41, 5.74) is 4.08. The van der Waals surface area contributed by atoms with Gasteiger partial charge in [-0.05, 0) is 44.2 Å². The van der Waals surface area contributed by atoms with Gasteiger partial charge in [0.05, 0.1) is 50.4 Å². The Labute approximate surface area is 256 Å². The molecule has 3 atom stereocenters. The summed E-state index contributed by atoms with van der Waals surface area (Å²) in [6.45, 7) is 9.90. The van der Waals surface area contributed by atoms with E-state index in [9.17, 15) is 14.7 Å². The van der Waals surface area contributed by atoms with E-state index in [4.69, 9.17) is 18.9 Å². The number of fused-ring (bicyclic) bond motifs is 4. The SMILES string of the molecule is C=C1C[C@H]2C(=O)Nc3cc(OCCCCCOc4cc5c(cc4OC)C(O)N4CC(=C)C[C@H]4C=N5)c(OC)cc3C(=O)N2C1. The first-order chi connectivity index (χ1) is 21.3. The van der Waals surface area contributed by atoms with Gasteiger partial charge in [0, 0.05) is 37.0 Å². The van der Waals surface area contributed by atoms with Crippen LogP contribution in [-0.4, -0.2) is 85.5 Å². The summed E-state index contributed by atoms with van der Waals surface area (Å²) >= 11 is 0. The Kier molecular flexibility index (Phi) is 8.33. The molecule has 2 saturated heterocycles. The minimum atomic E-state index is -0.799. The van der Waals surface area contributed by atoms with E-state index in [0.29, 0.717) is 78.2 Å². The molecule has 6 rings (SSSR count). The van der Waals surface area contributed by atoms with Crippen LogP contribution < -0.4 is 24.3 Å². The number of carbonyl (C=O) groups excluding carboxylic acids is 2. The maximum Gasteiger partial charge on any atom is 0.257 e. The first kappa shape index (κ1) is 29.7. The summed E-state index contributed by atoms with van der Waals surface area (Å²) in [6, 6.07) is 6.38. The van der Waals surface area contributed by atoms with E-state index in [0.717, 1.165) is 36.8 Å². The van der Waals surface area contributed by atoms with Crippen molar-refractivity contribution in [2.45, 2.75) is 50.4 Å². The topological polar surface area (TPSA) is 122 Å². The van der Waals surface area contributed by atoms with Gasteiger partial charge in [-0.2, -0.15) is 0 Å². The van der Waals surface area contributed by atoms with Gasteiger partial charge in [0.25, 0.3) is 5.91 Å². The zero-order chi connectivity index (χ0) is 31.0. The molecule has 11 nitrogen and oxygen atoms in total. The second kappa shape index (κ2) is 12.3. The number of nitrogens with one attached hydrogen (secondary N) is 1. The number of carbonyl (C=O) groups is 2. The van der Waals surface area contributed by atoms with Crippen LogP contribution in [0.15, 0.2) is 53.6 Å². The molecule has 2 N–H and O–H groups in total. The van der Waals surface area contributed by atoms with Crippen molar-refractivity contribution in [1.29, 1.82) is 0 Å². The number of benzene rings is 2. The molecule has 4 aliphatic heterocycles. The van der Waals surface area contributed by atoms with Crippen LogP contribution in [0.25, 0.3) is 0 Å². The number of aliphatic hydroxyl groups is 1. The van der Waals surface area contributed by atoms with Crippen molar-refractivity contribution in [3.63, 3.8) is 0 Å². The molecule has 0 aromatic heterocycles. The lowest BCUT2D eigenvalue weighted by atomic mass is 10.1. The molecule has 2 fully saturated rings. The molecule has 0 spiro atoms. The Morgan fingerprint density at radius 2 is 1.59 bits per heavy atom. The number of hydrogen-bond donors (Lipinski definition) is 2. The van der Waals surface area contributed by atoms with Gasteiger partial charge in [-0.25, -0.2) is 0 Å². The van der Waals surface area contributed by atoms with Gasteiger partial charge in [0.2, 0.25) is 5.91 Å². The third-order valence-corrected chi connectivity index (χ3v) is 8.53. The standard InChI is InChI=1S/C33H38N4O7/c1-19-10-21-16-34-24-14-29(27(41-3)12-22(24)32(39)36(21)17-19)43-8-6-5-7-9-44-30-15-25-23(13-28(30)42-4)33(40)37-18-20(2)11-26(37)31(38)35-25/h12-16,21,26,32,39H,1-2,5-11,17-18H2,3-4H3,(H,35,38)/t21-,26-,32?/m0/s1. The van der Waals surface area contributed by atoms with Gasteiger partial charge in [-0.3, -0.25) is 19.5 Å². The van der Waals surface area contributed by atoms with E-state index in [2.05, 4.69) is 23.5 Å². The molecular weight excluding hydrogens is 564 g/mol. The Morgan fingerprint density at radius 1 is 0.909 bits per heavy atom. The van der Waals surface area contributed by atoms with Crippen LogP contribution in [0.2, 0.25) is 0 Å². The fourth-order valence-electron chi connectivity index (χ4n) is 6.24. The molecule has 2 aromatic carbocycles. The summed E-state index contributed by atoms with van der Waals surface area (Å²) < 4.78 is 23.2. The summed E-state index contributed by atoms with van der Waals surface area (Å²) in [4.78, 5) is 34.2. The Balaban J connectivity index is 1.02. The van der Waals surface area contributed by atoms with Crippen molar-refractivity contribution in [2.75, 3.05) is 45.8 Å². The zero-order valence-corrected chi connectivity index (χ0v) is 25.1. The molecular formula is C33H38N4O7. The van der Waals surface area contributed by atoms with Crippen molar-refractivity contribution in [2.24, 2.45) is 4.99 Å². The van der Waals surface area contributed by atoms with E-state index < -0.39 is 12.3 Å². The normalized spacial score (nSPS) is 22.4. The van der Waals surface area contributed by atoms with E-state index in [1.54, 1.807) is 30.2 Å². The van der Waals surface area contributed by atoms with Crippen LogP contribution >= 0.6 is 0 Å². The number of rotatable bonds is 10. The predicted molar refractivity (Wildman–Crippen MR) is 165 cm³/mol. The number of amides is 2. The average molecular weight is 603 g/mol. The number of hydrogen-bond acceptors (Lipinski definition) is 9. The summed E-state index contributed by atoms with van der Waals surface area (Å²) in [5, 5.41) is 13.9. The van der Waals surface area contributed by atoms with E-state index in [1.165, 1.54) is 7.11 Å². The van der Waals surface area contributed by atoms with E-state index >= 15 is 0 Å². The third kappa shape index (κ3) is 5.65. The van der Waals surface area contributed by atoms with Crippen LogP contribution in [-0.2, 0) is 4.79 Å². The van der Waals surface area contributed by atoms with Gasteiger partial charge >= 0.3 is 0 Å². The van der Waals surface area contributed by atoms with Gasteiger partial charge < -0.3 is 34.3 Å². The molecule has 4 heterocycles. The monoisotopic (exact) mass is 602 g/mol. The second-order valence-electron chi connectivity index (χ2n) is 11.6. The number of aliphatic imine (C=N–C) groups is 1. The maximum atomic E-state index is 13.2. The number of anilines is 1. The lowest BCUT2D eigenvalue weighted by molar-refractivity contribution is -0.119. The van der Waals surface area contributed by atoms with Crippen LogP contribution in [0, 0.1) is 0 Å². The van der Waals surface area contributed by atoms with E-state index in [-0.39, 0.29) is 17.9 Å². The van der Waals surface area contributed by atoms with Crippen molar-refractivity contribution < 1.29 is 33.6 Å². The lowest BCUT2D eigenvalue weighted by Crippen LogP contribution is -2.40. The molecule has 2 amide bonds. The second-order valence-corrected chi connectivity index (χ2v) is 11.6. The molecule has 11 heteroatoms. The first-order valence-electron chi connectivity index (χ1n) is 14.9. The highest BCUT2D eigenvalue weighted by atomic mass is 16.5. The zero-order valence-electron chi connectivity index (χ0n) is 25.1. The van der Waals surface area contributed by atoms with Crippen molar-refractivity contribution in [3.8, 4) is 23.0 Å². The fourth-order valence-corrected chi connectivity index (χ4v) is 6.24. The molecule has 1 unspecified atom stereocenters. The number of ether oxygens (including phenoxy) is 4. The molecule has 0 bridgehead atoms.